The highest BCUT2D eigenvalue weighted by molar-refractivity contribution is 5.92. The van der Waals surface area contributed by atoms with E-state index in [4.69, 9.17) is 19.1 Å². The van der Waals surface area contributed by atoms with Crippen molar-refractivity contribution in [2.24, 2.45) is 0 Å². The molecule has 0 saturated carbocycles. The quantitative estimate of drug-likeness (QED) is 0.0676. The summed E-state index contributed by atoms with van der Waals surface area (Å²) in [5, 5.41) is 11.7. The molecule has 218 valence electrons. The molecule has 0 bridgehead atoms. The number of ether oxygens (including phenoxy) is 3. The Hall–Kier alpha value is -5.31. The van der Waals surface area contributed by atoms with Crippen molar-refractivity contribution >= 4 is 28.7 Å². The van der Waals surface area contributed by atoms with E-state index in [1.54, 1.807) is 37.3 Å². The molecule has 0 aromatic heterocycles. The summed E-state index contributed by atoms with van der Waals surface area (Å²) >= 11 is 0. The fourth-order valence-corrected chi connectivity index (χ4v) is 4.05. The molecule has 0 aliphatic rings. The first-order valence-electron chi connectivity index (χ1n) is 13.2. The van der Waals surface area contributed by atoms with Crippen LogP contribution in [0, 0.1) is 0 Å². The first-order chi connectivity index (χ1) is 20.5. The highest BCUT2D eigenvalue weighted by atomic mass is 17.1. The second kappa shape index (κ2) is 13.1. The van der Waals surface area contributed by atoms with Crippen molar-refractivity contribution in [3.63, 3.8) is 0 Å². The first-order valence-corrected chi connectivity index (χ1v) is 13.2. The van der Waals surface area contributed by atoms with E-state index in [0.29, 0.717) is 22.4 Å². The van der Waals surface area contributed by atoms with Gasteiger partial charge in [0.1, 0.15) is 11.9 Å². The molecule has 0 saturated heterocycles. The summed E-state index contributed by atoms with van der Waals surface area (Å²) in [6.07, 6.45) is -0.945. The second-order valence-corrected chi connectivity index (χ2v) is 10.0. The molecule has 0 radical (unpaired) electrons. The maximum Gasteiger partial charge on any atom is 0.338 e. The van der Waals surface area contributed by atoms with E-state index in [1.165, 1.54) is 26.0 Å². The lowest BCUT2D eigenvalue weighted by Gasteiger charge is -2.18. The van der Waals surface area contributed by atoms with Crippen LogP contribution in [0.25, 0.3) is 21.9 Å². The molecule has 1 unspecified atom stereocenters. The smallest absolute Gasteiger partial charge is 0.338 e. The van der Waals surface area contributed by atoms with Gasteiger partial charge < -0.3 is 14.2 Å². The molecule has 8 nitrogen and oxygen atoms in total. The van der Waals surface area contributed by atoms with Crippen molar-refractivity contribution in [3.8, 4) is 28.4 Å². The van der Waals surface area contributed by atoms with Gasteiger partial charge in [-0.25, -0.2) is 19.3 Å². The van der Waals surface area contributed by atoms with Crippen LogP contribution < -0.4 is 14.2 Å². The van der Waals surface area contributed by atoms with Crippen molar-refractivity contribution in [1.82, 2.24) is 0 Å². The van der Waals surface area contributed by atoms with Crippen LogP contribution in [0.3, 0.4) is 0 Å². The van der Waals surface area contributed by atoms with Gasteiger partial charge in [0.05, 0.1) is 0 Å². The number of benzene rings is 4. The van der Waals surface area contributed by atoms with Crippen LogP contribution in [-0.4, -0.2) is 23.2 Å². The van der Waals surface area contributed by atoms with Crippen LogP contribution in [0.5, 0.6) is 17.2 Å². The third kappa shape index (κ3) is 7.32. The molecular formula is C35H30O8. The molecular weight excluding hydrogens is 548 g/mol. The Kier molecular flexibility index (Phi) is 9.35. The molecule has 0 aliphatic carbocycles. The minimum Gasteiger partial charge on any atom is -0.423 e. The van der Waals surface area contributed by atoms with E-state index in [0.717, 1.165) is 21.9 Å². The molecule has 1 atom stereocenters. The van der Waals surface area contributed by atoms with E-state index in [2.05, 4.69) is 19.7 Å². The topological polar surface area (TPSA) is 108 Å². The van der Waals surface area contributed by atoms with Crippen LogP contribution >= 0.6 is 0 Å². The van der Waals surface area contributed by atoms with Crippen LogP contribution in [0.1, 0.15) is 38.0 Å². The molecule has 0 fully saturated rings. The van der Waals surface area contributed by atoms with Crippen LogP contribution in [0.15, 0.2) is 115 Å². The fraction of sp³-hybridized carbons (Fsp3) is 0.114. The number of esters is 3. The van der Waals surface area contributed by atoms with Crippen LogP contribution in [0.4, 0.5) is 0 Å². The van der Waals surface area contributed by atoms with Crippen LogP contribution in [-0.2, 0) is 19.3 Å². The normalized spacial score (nSPS) is 11.3. The van der Waals surface area contributed by atoms with Gasteiger partial charge in [-0.2, -0.15) is 0 Å². The van der Waals surface area contributed by atoms with Gasteiger partial charge in [0, 0.05) is 16.7 Å². The summed E-state index contributed by atoms with van der Waals surface area (Å²) in [7, 11) is 0. The van der Waals surface area contributed by atoms with Gasteiger partial charge in [-0.05, 0) is 84.1 Å². The Labute approximate surface area is 249 Å². The number of carbonyl (C=O) groups excluding carboxylic acids is 3. The van der Waals surface area contributed by atoms with Crippen molar-refractivity contribution < 1.29 is 38.7 Å². The number of hydrogen-bond donors (Lipinski definition) is 1. The van der Waals surface area contributed by atoms with Gasteiger partial charge in [-0.1, -0.05) is 68.3 Å². The van der Waals surface area contributed by atoms with Gasteiger partial charge in [-0.3, -0.25) is 5.26 Å². The standard InChI is InChI=1S/C35H30O8/c1-20(2)33(36)40-29-15-13-26-17-25(11-12-27(26)18-29)23-7-9-24(10-8-23)32(43-39)28-14-16-30(41-34(37)21(3)4)31(19-28)42-35(38)22(5)6/h7-19,32,39H,1,3,5H2,2,4,6H3. The minimum atomic E-state index is -0.945. The Morgan fingerprint density at radius 1 is 0.581 bits per heavy atom. The van der Waals surface area contributed by atoms with E-state index < -0.39 is 24.0 Å². The van der Waals surface area contributed by atoms with Gasteiger partial charge >= 0.3 is 17.9 Å². The third-order valence-electron chi connectivity index (χ3n) is 6.40. The molecule has 1 N–H and O–H groups in total. The fourth-order valence-electron chi connectivity index (χ4n) is 4.05. The summed E-state index contributed by atoms with van der Waals surface area (Å²) in [5.41, 5.74) is 3.54. The highest BCUT2D eigenvalue weighted by Gasteiger charge is 2.21. The SMILES string of the molecule is C=C(C)C(=O)Oc1ccc2cc(-c3ccc(C(OO)c4ccc(OC(=O)C(=C)C)c(OC(=O)C(=C)C)c4)cc3)ccc2c1. The molecule has 0 aliphatic heterocycles. The monoisotopic (exact) mass is 578 g/mol. The molecule has 4 aromatic rings. The van der Waals surface area contributed by atoms with Gasteiger partial charge in [0.15, 0.2) is 11.5 Å². The average molecular weight is 579 g/mol. The minimum absolute atomic E-state index is 0.00389. The van der Waals surface area contributed by atoms with Crippen LogP contribution in [0.2, 0.25) is 0 Å². The second-order valence-electron chi connectivity index (χ2n) is 10.0. The Morgan fingerprint density at radius 2 is 1.09 bits per heavy atom. The van der Waals surface area contributed by atoms with Gasteiger partial charge in [0.2, 0.25) is 0 Å². The summed E-state index contributed by atoms with van der Waals surface area (Å²) in [6, 6.07) is 23.1. The zero-order valence-electron chi connectivity index (χ0n) is 24.0. The summed E-state index contributed by atoms with van der Waals surface area (Å²) in [6.45, 7) is 15.3. The van der Waals surface area contributed by atoms with Gasteiger partial charge in [-0.15, -0.1) is 0 Å². The maximum atomic E-state index is 12.3. The third-order valence-corrected chi connectivity index (χ3v) is 6.40. The predicted molar refractivity (Wildman–Crippen MR) is 163 cm³/mol. The van der Waals surface area contributed by atoms with Crippen molar-refractivity contribution in [1.29, 1.82) is 0 Å². The molecule has 0 spiro atoms. The molecule has 0 amide bonds. The van der Waals surface area contributed by atoms with E-state index >= 15 is 0 Å². The van der Waals surface area contributed by atoms with E-state index in [9.17, 15) is 19.6 Å². The first kappa shape index (κ1) is 30.6. The number of carbonyl (C=O) groups is 3. The molecule has 4 rings (SSSR count). The zero-order valence-corrected chi connectivity index (χ0v) is 24.0. The van der Waals surface area contributed by atoms with Gasteiger partial charge in [0.25, 0.3) is 0 Å². The Bertz CT molecular complexity index is 1760. The summed E-state index contributed by atoms with van der Waals surface area (Å²) in [4.78, 5) is 41.0. The van der Waals surface area contributed by atoms with E-state index in [1.807, 2.05) is 36.4 Å². The largest absolute Gasteiger partial charge is 0.423 e. The molecule has 8 heteroatoms. The highest BCUT2D eigenvalue weighted by Crippen LogP contribution is 2.36. The lowest BCUT2D eigenvalue weighted by atomic mass is 9.96. The van der Waals surface area contributed by atoms with E-state index in [-0.39, 0.29) is 22.6 Å². The Morgan fingerprint density at radius 3 is 1.70 bits per heavy atom. The molecule has 4 aromatic carbocycles. The molecule has 0 heterocycles. The predicted octanol–water partition coefficient (Wildman–Crippen LogP) is 7.53. The average Bonchev–Trinajstić information content (AvgIpc) is 2.98. The summed E-state index contributed by atoms with van der Waals surface area (Å²) in [5.74, 6) is -1.50. The van der Waals surface area contributed by atoms with Crippen molar-refractivity contribution in [2.45, 2.75) is 26.9 Å². The zero-order chi connectivity index (χ0) is 31.3. The summed E-state index contributed by atoms with van der Waals surface area (Å²) < 4.78 is 16.0. The lowest BCUT2D eigenvalue weighted by Crippen LogP contribution is -2.13. The van der Waals surface area contributed by atoms with Crippen molar-refractivity contribution in [3.05, 3.63) is 126 Å². The lowest BCUT2D eigenvalue weighted by molar-refractivity contribution is -0.270. The number of hydrogen-bond acceptors (Lipinski definition) is 8. The Balaban J connectivity index is 1.60. The van der Waals surface area contributed by atoms with Crippen molar-refractivity contribution in [2.75, 3.05) is 0 Å². The maximum absolute atomic E-state index is 12.3. The number of fused-ring (bicyclic) bond motifs is 1. The molecule has 43 heavy (non-hydrogen) atoms. The number of rotatable bonds is 10.